The van der Waals surface area contributed by atoms with Crippen molar-refractivity contribution in [3.05, 3.63) is 12.7 Å². The summed E-state index contributed by atoms with van der Waals surface area (Å²) in [5.74, 6) is 0. The molecule has 0 fully saturated rings. The van der Waals surface area contributed by atoms with Gasteiger partial charge >= 0.3 is 0 Å². The predicted octanol–water partition coefficient (Wildman–Crippen LogP) is 2.75. The lowest BCUT2D eigenvalue weighted by molar-refractivity contribution is 0.124. The van der Waals surface area contributed by atoms with Crippen molar-refractivity contribution in [2.24, 2.45) is 0 Å². The van der Waals surface area contributed by atoms with Crippen LogP contribution < -0.4 is 5.32 Å². The van der Waals surface area contributed by atoms with E-state index in [0.717, 1.165) is 32.5 Å². The van der Waals surface area contributed by atoms with Gasteiger partial charge in [-0.3, -0.25) is 0 Å². The van der Waals surface area contributed by atoms with Crippen LogP contribution in [0.4, 0.5) is 0 Å². The molecule has 0 aliphatic carbocycles. The van der Waals surface area contributed by atoms with Crippen LogP contribution in [0.2, 0.25) is 0 Å². The van der Waals surface area contributed by atoms with Gasteiger partial charge in [0, 0.05) is 19.3 Å². The van der Waals surface area contributed by atoms with Crippen LogP contribution in [0, 0.1) is 0 Å². The number of ether oxygens (including phenoxy) is 1. The van der Waals surface area contributed by atoms with Gasteiger partial charge in [0.1, 0.15) is 0 Å². The van der Waals surface area contributed by atoms with Crippen molar-refractivity contribution in [2.45, 2.75) is 45.1 Å². The van der Waals surface area contributed by atoms with E-state index in [2.05, 4.69) is 18.8 Å². The van der Waals surface area contributed by atoms with Crippen molar-refractivity contribution >= 4 is 0 Å². The zero-order chi connectivity index (χ0) is 10.6. The number of allylic oxidation sites excluding steroid dienone is 1. The molecular weight excluding hydrogens is 174 g/mol. The Hall–Kier alpha value is -0.340. The Balaban J connectivity index is 3.33. The van der Waals surface area contributed by atoms with Crippen LogP contribution in [-0.4, -0.2) is 26.3 Å². The molecule has 2 heteroatoms. The number of hydrogen-bond acceptors (Lipinski definition) is 2. The molecule has 0 spiro atoms. The minimum Gasteiger partial charge on any atom is -0.381 e. The summed E-state index contributed by atoms with van der Waals surface area (Å²) >= 11 is 0. The second-order valence-corrected chi connectivity index (χ2v) is 3.61. The van der Waals surface area contributed by atoms with Gasteiger partial charge in [-0.05, 0) is 39.2 Å². The van der Waals surface area contributed by atoms with Crippen molar-refractivity contribution in [1.29, 1.82) is 0 Å². The fourth-order valence-corrected chi connectivity index (χ4v) is 1.41. The quantitative estimate of drug-likeness (QED) is 0.431. The zero-order valence-electron chi connectivity index (χ0n) is 9.72. The fourth-order valence-electron chi connectivity index (χ4n) is 1.41. The molecule has 0 aromatic heterocycles. The summed E-state index contributed by atoms with van der Waals surface area (Å²) in [6, 6.07) is 0.604. The lowest BCUT2D eigenvalue weighted by Crippen LogP contribution is -2.26. The summed E-state index contributed by atoms with van der Waals surface area (Å²) in [7, 11) is 2.03. The van der Waals surface area contributed by atoms with E-state index >= 15 is 0 Å². The number of nitrogens with one attached hydrogen (secondary N) is 1. The SMILES string of the molecule is C=CCCCC(CCOCCC)NC. The average Bonchev–Trinajstić information content (AvgIpc) is 2.22. The van der Waals surface area contributed by atoms with Gasteiger partial charge in [0.25, 0.3) is 0 Å². The molecule has 0 saturated heterocycles. The maximum atomic E-state index is 5.46. The van der Waals surface area contributed by atoms with E-state index in [9.17, 15) is 0 Å². The lowest BCUT2D eigenvalue weighted by Gasteiger charge is -2.15. The molecule has 0 aliphatic rings. The second-order valence-electron chi connectivity index (χ2n) is 3.61. The van der Waals surface area contributed by atoms with E-state index < -0.39 is 0 Å². The van der Waals surface area contributed by atoms with Crippen LogP contribution in [0.25, 0.3) is 0 Å². The molecule has 0 saturated carbocycles. The molecule has 0 radical (unpaired) electrons. The Bertz CT molecular complexity index is 125. The number of rotatable bonds is 10. The first-order chi connectivity index (χ1) is 6.85. The minimum atomic E-state index is 0.604. The summed E-state index contributed by atoms with van der Waals surface area (Å²) in [5.41, 5.74) is 0. The molecule has 1 unspecified atom stereocenters. The number of hydrogen-bond donors (Lipinski definition) is 1. The minimum absolute atomic E-state index is 0.604. The Morgan fingerprint density at radius 3 is 2.71 bits per heavy atom. The molecule has 0 bridgehead atoms. The Kier molecular flexibility index (Phi) is 10.5. The molecule has 1 N–H and O–H groups in total. The highest BCUT2D eigenvalue weighted by Gasteiger charge is 2.04. The normalized spacial score (nSPS) is 12.7. The monoisotopic (exact) mass is 199 g/mol. The molecule has 0 amide bonds. The smallest absolute Gasteiger partial charge is 0.0480 e. The van der Waals surface area contributed by atoms with Crippen molar-refractivity contribution in [3.63, 3.8) is 0 Å². The first kappa shape index (κ1) is 13.7. The molecular formula is C12H25NO. The van der Waals surface area contributed by atoms with Crippen molar-refractivity contribution in [1.82, 2.24) is 5.32 Å². The van der Waals surface area contributed by atoms with E-state index in [0.29, 0.717) is 6.04 Å². The van der Waals surface area contributed by atoms with Crippen LogP contribution in [0.1, 0.15) is 39.0 Å². The predicted molar refractivity (Wildman–Crippen MR) is 62.6 cm³/mol. The van der Waals surface area contributed by atoms with Crippen LogP contribution in [0.5, 0.6) is 0 Å². The van der Waals surface area contributed by atoms with Gasteiger partial charge in [0.05, 0.1) is 0 Å². The van der Waals surface area contributed by atoms with Gasteiger partial charge in [-0.25, -0.2) is 0 Å². The second kappa shape index (κ2) is 10.7. The third kappa shape index (κ3) is 8.27. The maximum Gasteiger partial charge on any atom is 0.0480 e. The van der Waals surface area contributed by atoms with Crippen LogP contribution >= 0.6 is 0 Å². The largest absolute Gasteiger partial charge is 0.381 e. The molecule has 1 atom stereocenters. The van der Waals surface area contributed by atoms with Crippen molar-refractivity contribution < 1.29 is 4.74 Å². The van der Waals surface area contributed by atoms with Crippen molar-refractivity contribution in [3.8, 4) is 0 Å². The van der Waals surface area contributed by atoms with Crippen LogP contribution in [0.3, 0.4) is 0 Å². The topological polar surface area (TPSA) is 21.3 Å². The summed E-state index contributed by atoms with van der Waals surface area (Å²) in [6.07, 6.45) is 7.78. The van der Waals surface area contributed by atoms with Gasteiger partial charge in [-0.1, -0.05) is 13.0 Å². The molecule has 14 heavy (non-hydrogen) atoms. The van der Waals surface area contributed by atoms with Gasteiger partial charge < -0.3 is 10.1 Å². The molecule has 2 nitrogen and oxygen atoms in total. The van der Waals surface area contributed by atoms with Crippen LogP contribution in [0.15, 0.2) is 12.7 Å². The summed E-state index contributed by atoms with van der Waals surface area (Å²) in [4.78, 5) is 0. The molecule has 0 aromatic rings. The molecule has 0 aromatic carbocycles. The van der Waals surface area contributed by atoms with Gasteiger partial charge in [-0.2, -0.15) is 0 Å². The highest BCUT2D eigenvalue weighted by atomic mass is 16.5. The standard InChI is InChI=1S/C12H25NO/c1-4-6-7-8-12(13-3)9-11-14-10-5-2/h4,12-13H,1,5-11H2,2-3H3. The third-order valence-corrected chi connectivity index (χ3v) is 2.33. The maximum absolute atomic E-state index is 5.46. The van der Waals surface area contributed by atoms with Crippen LogP contribution in [-0.2, 0) is 4.74 Å². The first-order valence-electron chi connectivity index (χ1n) is 5.71. The zero-order valence-corrected chi connectivity index (χ0v) is 9.72. The summed E-state index contributed by atoms with van der Waals surface area (Å²) in [6.45, 7) is 7.64. The van der Waals surface area contributed by atoms with Gasteiger partial charge in [-0.15, -0.1) is 6.58 Å². The average molecular weight is 199 g/mol. The molecule has 0 rings (SSSR count). The fraction of sp³-hybridized carbons (Fsp3) is 0.833. The van der Waals surface area contributed by atoms with E-state index in [-0.39, 0.29) is 0 Å². The van der Waals surface area contributed by atoms with Crippen molar-refractivity contribution in [2.75, 3.05) is 20.3 Å². The van der Waals surface area contributed by atoms with E-state index in [1.54, 1.807) is 0 Å². The summed E-state index contributed by atoms with van der Waals surface area (Å²) < 4.78 is 5.46. The Morgan fingerprint density at radius 2 is 2.14 bits per heavy atom. The highest BCUT2D eigenvalue weighted by Crippen LogP contribution is 2.05. The molecule has 84 valence electrons. The Labute approximate surface area is 88.7 Å². The summed E-state index contributed by atoms with van der Waals surface area (Å²) in [5, 5.41) is 3.32. The third-order valence-electron chi connectivity index (χ3n) is 2.33. The highest BCUT2D eigenvalue weighted by molar-refractivity contribution is 4.70. The number of unbranched alkanes of at least 4 members (excludes halogenated alkanes) is 1. The molecule has 0 heterocycles. The van der Waals surface area contributed by atoms with E-state index in [1.165, 1.54) is 12.8 Å². The van der Waals surface area contributed by atoms with E-state index in [1.807, 2.05) is 13.1 Å². The van der Waals surface area contributed by atoms with E-state index in [4.69, 9.17) is 4.74 Å². The van der Waals surface area contributed by atoms with Gasteiger partial charge in [0.2, 0.25) is 0 Å². The molecule has 0 aliphatic heterocycles. The Morgan fingerprint density at radius 1 is 1.36 bits per heavy atom. The van der Waals surface area contributed by atoms with Gasteiger partial charge in [0.15, 0.2) is 0 Å². The first-order valence-corrected chi connectivity index (χ1v) is 5.71. The lowest BCUT2D eigenvalue weighted by atomic mass is 10.1.